The van der Waals surface area contributed by atoms with Crippen LogP contribution in [-0.4, -0.2) is 37.2 Å². The Morgan fingerprint density at radius 3 is 1.17 bits per heavy atom. The van der Waals surface area contributed by atoms with Gasteiger partial charge in [-0.15, -0.1) is 0 Å². The molecular formula is C57H92O6. The number of rotatable bonds is 44. The summed E-state index contributed by atoms with van der Waals surface area (Å²) in [4.78, 5) is 37.9. The molecule has 0 saturated carbocycles. The summed E-state index contributed by atoms with van der Waals surface area (Å²) in [5.74, 6) is -1.03. The van der Waals surface area contributed by atoms with E-state index in [1.54, 1.807) is 0 Å². The van der Waals surface area contributed by atoms with Crippen molar-refractivity contribution in [2.75, 3.05) is 13.2 Å². The average molecular weight is 873 g/mol. The van der Waals surface area contributed by atoms with E-state index < -0.39 is 12.1 Å². The molecule has 6 heteroatoms. The number of hydrogen-bond acceptors (Lipinski definition) is 6. The summed E-state index contributed by atoms with van der Waals surface area (Å²) in [6.45, 7) is 6.38. The lowest BCUT2D eigenvalue weighted by molar-refractivity contribution is -0.166. The van der Waals surface area contributed by atoms with E-state index in [1.165, 1.54) is 70.6 Å². The maximum atomic E-state index is 12.7. The zero-order valence-electron chi connectivity index (χ0n) is 40.5. The van der Waals surface area contributed by atoms with Gasteiger partial charge in [0.2, 0.25) is 0 Å². The molecule has 1 atom stereocenters. The fourth-order valence-corrected chi connectivity index (χ4v) is 6.56. The molecule has 0 aliphatic rings. The van der Waals surface area contributed by atoms with Gasteiger partial charge in [0.1, 0.15) is 13.2 Å². The molecule has 0 saturated heterocycles. The molecule has 0 aliphatic heterocycles. The summed E-state index contributed by atoms with van der Waals surface area (Å²) in [7, 11) is 0. The predicted octanol–water partition coefficient (Wildman–Crippen LogP) is 16.8. The van der Waals surface area contributed by atoms with Gasteiger partial charge < -0.3 is 14.2 Å². The van der Waals surface area contributed by atoms with Crippen molar-refractivity contribution in [2.45, 2.75) is 219 Å². The molecule has 0 amide bonds. The SMILES string of the molecule is CC/C=C\C/C=C\C/C=C\C/C=C\C/C=C\CCC(=O)OC(COC(=O)CCCCCCC\C=C/C=C\C=C/C=C\CCCCC)COC(=O)CCCCCCCCCCCCC. The number of allylic oxidation sites excluding steroid dienone is 18. The highest BCUT2D eigenvalue weighted by Gasteiger charge is 2.19. The lowest BCUT2D eigenvalue weighted by Crippen LogP contribution is -2.30. The third-order valence-electron chi connectivity index (χ3n) is 10.4. The molecule has 0 bridgehead atoms. The van der Waals surface area contributed by atoms with Gasteiger partial charge in [-0.1, -0.05) is 226 Å². The third kappa shape index (κ3) is 49.0. The second kappa shape index (κ2) is 50.7. The number of carbonyl (C=O) groups is 3. The lowest BCUT2D eigenvalue weighted by Gasteiger charge is -2.18. The van der Waals surface area contributed by atoms with Crippen LogP contribution in [0.4, 0.5) is 0 Å². The zero-order chi connectivity index (χ0) is 45.8. The summed E-state index contributed by atoms with van der Waals surface area (Å²) in [5.41, 5.74) is 0. The normalized spacial score (nSPS) is 13.0. The lowest BCUT2D eigenvalue weighted by atomic mass is 10.1. The Labute approximate surface area is 387 Å². The second-order valence-electron chi connectivity index (χ2n) is 16.4. The van der Waals surface area contributed by atoms with Crippen molar-refractivity contribution in [3.05, 3.63) is 109 Å². The molecule has 0 N–H and O–H groups in total. The van der Waals surface area contributed by atoms with Crippen molar-refractivity contribution in [1.29, 1.82) is 0 Å². The highest BCUT2D eigenvalue weighted by molar-refractivity contribution is 5.71. The molecule has 0 aromatic rings. The monoisotopic (exact) mass is 873 g/mol. The summed E-state index contributed by atoms with van der Waals surface area (Å²) in [5, 5.41) is 0. The number of carbonyl (C=O) groups excluding carboxylic acids is 3. The summed E-state index contributed by atoms with van der Waals surface area (Å²) in [6, 6.07) is 0. The topological polar surface area (TPSA) is 78.9 Å². The van der Waals surface area contributed by atoms with Crippen LogP contribution >= 0.6 is 0 Å². The zero-order valence-corrected chi connectivity index (χ0v) is 40.5. The number of hydrogen-bond donors (Lipinski definition) is 0. The van der Waals surface area contributed by atoms with Crippen molar-refractivity contribution in [1.82, 2.24) is 0 Å². The minimum absolute atomic E-state index is 0.116. The molecule has 0 rings (SSSR count). The first-order valence-corrected chi connectivity index (χ1v) is 25.4. The standard InChI is InChI=1S/C57H92O6/c1-4-7-10-13-16-19-22-24-26-28-29-31-32-35-38-41-44-47-50-56(59)62-53-54(52-61-55(58)49-46-43-40-37-34-21-18-15-12-9-6-3)63-57(60)51-48-45-42-39-36-33-30-27-25-23-20-17-14-11-8-5-2/h8,11,16-17,19-20,22,24-29,31,33,36,42,45,54H,4-7,9-10,12-15,18,21,23,30,32,34-35,37-41,43-44,46-53H2,1-3H3/b11-8-,19-16-,20-17-,24-22-,27-25-,28-26-,31-29-,36-33-,45-42-. The van der Waals surface area contributed by atoms with Gasteiger partial charge in [0.15, 0.2) is 6.10 Å². The Hall–Kier alpha value is -3.93. The summed E-state index contributed by atoms with van der Waals surface area (Å²) in [6.07, 6.45) is 67.9. The number of unbranched alkanes of at least 4 members (excludes halogenated alkanes) is 18. The molecular weight excluding hydrogens is 781 g/mol. The highest BCUT2D eigenvalue weighted by Crippen LogP contribution is 2.13. The van der Waals surface area contributed by atoms with Crippen LogP contribution in [-0.2, 0) is 28.6 Å². The fourth-order valence-electron chi connectivity index (χ4n) is 6.56. The van der Waals surface area contributed by atoms with Gasteiger partial charge in [0.05, 0.1) is 0 Å². The van der Waals surface area contributed by atoms with Crippen LogP contribution in [0.2, 0.25) is 0 Å². The molecule has 0 aromatic heterocycles. The van der Waals surface area contributed by atoms with E-state index in [4.69, 9.17) is 14.2 Å². The maximum absolute atomic E-state index is 12.7. The maximum Gasteiger partial charge on any atom is 0.306 e. The van der Waals surface area contributed by atoms with Crippen LogP contribution in [0, 0.1) is 0 Å². The van der Waals surface area contributed by atoms with Gasteiger partial charge >= 0.3 is 17.9 Å². The van der Waals surface area contributed by atoms with E-state index in [9.17, 15) is 14.4 Å². The number of ether oxygens (including phenoxy) is 3. The van der Waals surface area contributed by atoms with Gasteiger partial charge in [-0.2, -0.15) is 0 Å². The Balaban J connectivity index is 4.54. The molecule has 63 heavy (non-hydrogen) atoms. The molecule has 1 unspecified atom stereocenters. The van der Waals surface area contributed by atoms with Crippen LogP contribution in [0.3, 0.4) is 0 Å². The fraction of sp³-hybridized carbons (Fsp3) is 0.632. The van der Waals surface area contributed by atoms with Crippen LogP contribution in [0.5, 0.6) is 0 Å². The van der Waals surface area contributed by atoms with Crippen molar-refractivity contribution in [3.8, 4) is 0 Å². The minimum atomic E-state index is -0.827. The van der Waals surface area contributed by atoms with Gasteiger partial charge in [0, 0.05) is 19.3 Å². The Morgan fingerprint density at radius 1 is 0.349 bits per heavy atom. The van der Waals surface area contributed by atoms with Crippen molar-refractivity contribution >= 4 is 17.9 Å². The van der Waals surface area contributed by atoms with E-state index in [0.717, 1.165) is 96.3 Å². The minimum Gasteiger partial charge on any atom is -0.462 e. The van der Waals surface area contributed by atoms with Gasteiger partial charge in [-0.05, 0) is 77.0 Å². The Kier molecular flexibility index (Phi) is 47.5. The predicted molar refractivity (Wildman–Crippen MR) is 270 cm³/mol. The van der Waals surface area contributed by atoms with E-state index in [-0.39, 0.29) is 31.6 Å². The largest absolute Gasteiger partial charge is 0.462 e. The molecule has 0 fully saturated rings. The van der Waals surface area contributed by atoms with Crippen molar-refractivity contribution < 1.29 is 28.6 Å². The van der Waals surface area contributed by atoms with Gasteiger partial charge in [0.25, 0.3) is 0 Å². The molecule has 356 valence electrons. The molecule has 0 aliphatic carbocycles. The summed E-state index contributed by atoms with van der Waals surface area (Å²) < 4.78 is 16.7. The molecule has 0 spiro atoms. The Bertz CT molecular complexity index is 1330. The first-order valence-electron chi connectivity index (χ1n) is 25.4. The van der Waals surface area contributed by atoms with Crippen LogP contribution in [0.25, 0.3) is 0 Å². The Morgan fingerprint density at radius 2 is 0.714 bits per heavy atom. The van der Waals surface area contributed by atoms with E-state index >= 15 is 0 Å². The smallest absolute Gasteiger partial charge is 0.306 e. The molecule has 0 aromatic carbocycles. The molecule has 0 radical (unpaired) electrons. The first kappa shape index (κ1) is 59.1. The summed E-state index contributed by atoms with van der Waals surface area (Å²) >= 11 is 0. The first-order chi connectivity index (χ1) is 31.0. The second-order valence-corrected chi connectivity index (χ2v) is 16.4. The van der Waals surface area contributed by atoms with E-state index in [2.05, 4.69) is 118 Å². The van der Waals surface area contributed by atoms with Gasteiger partial charge in [-0.3, -0.25) is 14.4 Å². The van der Waals surface area contributed by atoms with E-state index in [1.807, 2.05) is 12.2 Å². The van der Waals surface area contributed by atoms with Crippen molar-refractivity contribution in [2.24, 2.45) is 0 Å². The highest BCUT2D eigenvalue weighted by atomic mass is 16.6. The van der Waals surface area contributed by atoms with Crippen molar-refractivity contribution in [3.63, 3.8) is 0 Å². The number of esters is 3. The van der Waals surface area contributed by atoms with Crippen LogP contribution < -0.4 is 0 Å². The average Bonchev–Trinajstić information content (AvgIpc) is 3.28. The van der Waals surface area contributed by atoms with E-state index in [0.29, 0.717) is 19.3 Å². The van der Waals surface area contributed by atoms with Crippen LogP contribution in [0.1, 0.15) is 213 Å². The van der Waals surface area contributed by atoms with Gasteiger partial charge in [-0.25, -0.2) is 0 Å². The molecule has 0 heterocycles. The molecule has 6 nitrogen and oxygen atoms in total. The quantitative estimate of drug-likeness (QED) is 0.0199. The van der Waals surface area contributed by atoms with Crippen LogP contribution in [0.15, 0.2) is 109 Å². The third-order valence-corrected chi connectivity index (χ3v) is 10.4.